The third-order valence-electron chi connectivity index (χ3n) is 2.50. The van der Waals surface area contributed by atoms with Crippen LogP contribution in [0.3, 0.4) is 0 Å². The third-order valence-corrected chi connectivity index (χ3v) is 4.35. The molecule has 96 valence electrons. The molecule has 0 atom stereocenters. The Labute approximate surface area is 103 Å². The molecule has 0 spiro atoms. The fourth-order valence-corrected chi connectivity index (χ4v) is 2.35. The van der Waals surface area contributed by atoms with Crippen molar-refractivity contribution in [3.05, 3.63) is 23.9 Å². The molecule has 0 fully saturated rings. The number of sulfonamides is 1. The largest absolute Gasteiger partial charge is 0.313 e. The van der Waals surface area contributed by atoms with Gasteiger partial charge in [0, 0.05) is 26.3 Å². The van der Waals surface area contributed by atoms with Crippen molar-refractivity contribution in [1.82, 2.24) is 14.6 Å². The lowest BCUT2D eigenvalue weighted by atomic mass is 10.3. The zero-order chi connectivity index (χ0) is 12.9. The van der Waals surface area contributed by atoms with E-state index in [2.05, 4.69) is 10.3 Å². The summed E-state index contributed by atoms with van der Waals surface area (Å²) in [5.41, 5.74) is 0.977. The SMILES string of the molecule is CCNCc1ccc(S(=O)(=O)N(C)CC)nc1. The Morgan fingerprint density at radius 1 is 1.35 bits per heavy atom. The summed E-state index contributed by atoms with van der Waals surface area (Å²) in [5, 5.41) is 3.26. The maximum absolute atomic E-state index is 11.9. The first kappa shape index (κ1) is 14.1. The van der Waals surface area contributed by atoms with Crippen LogP contribution in [0.4, 0.5) is 0 Å². The van der Waals surface area contributed by atoms with Crippen molar-refractivity contribution in [2.75, 3.05) is 20.1 Å². The van der Waals surface area contributed by atoms with Crippen LogP contribution in [0.15, 0.2) is 23.4 Å². The van der Waals surface area contributed by atoms with Gasteiger partial charge in [-0.25, -0.2) is 13.4 Å². The highest BCUT2D eigenvalue weighted by molar-refractivity contribution is 7.89. The van der Waals surface area contributed by atoms with E-state index in [0.717, 1.165) is 12.1 Å². The van der Waals surface area contributed by atoms with Crippen LogP contribution in [0.25, 0.3) is 0 Å². The highest BCUT2D eigenvalue weighted by Crippen LogP contribution is 2.11. The molecule has 5 nitrogen and oxygen atoms in total. The minimum absolute atomic E-state index is 0.0992. The number of pyridine rings is 1. The smallest absolute Gasteiger partial charge is 0.260 e. The van der Waals surface area contributed by atoms with Crippen molar-refractivity contribution >= 4 is 10.0 Å². The highest BCUT2D eigenvalue weighted by atomic mass is 32.2. The summed E-state index contributed by atoms with van der Waals surface area (Å²) in [7, 11) is -1.88. The van der Waals surface area contributed by atoms with E-state index in [9.17, 15) is 8.42 Å². The summed E-state index contributed by atoms with van der Waals surface area (Å²) in [6.45, 7) is 5.81. The zero-order valence-corrected chi connectivity index (χ0v) is 11.3. The molecule has 17 heavy (non-hydrogen) atoms. The van der Waals surface area contributed by atoms with E-state index >= 15 is 0 Å². The van der Waals surface area contributed by atoms with Gasteiger partial charge in [0.15, 0.2) is 5.03 Å². The first-order valence-electron chi connectivity index (χ1n) is 5.64. The molecule has 6 heteroatoms. The van der Waals surface area contributed by atoms with E-state index in [-0.39, 0.29) is 5.03 Å². The molecule has 0 radical (unpaired) electrons. The van der Waals surface area contributed by atoms with Crippen molar-refractivity contribution in [3.8, 4) is 0 Å². The van der Waals surface area contributed by atoms with Crippen molar-refractivity contribution in [3.63, 3.8) is 0 Å². The van der Waals surface area contributed by atoms with Crippen molar-refractivity contribution in [2.24, 2.45) is 0 Å². The van der Waals surface area contributed by atoms with Gasteiger partial charge >= 0.3 is 0 Å². The topological polar surface area (TPSA) is 62.3 Å². The summed E-state index contributed by atoms with van der Waals surface area (Å²) in [5.74, 6) is 0. The lowest BCUT2D eigenvalue weighted by Gasteiger charge is -2.14. The summed E-state index contributed by atoms with van der Waals surface area (Å²) in [4.78, 5) is 4.00. The van der Waals surface area contributed by atoms with Crippen LogP contribution in [0, 0.1) is 0 Å². The van der Waals surface area contributed by atoms with Gasteiger partial charge in [-0.05, 0) is 18.2 Å². The fraction of sp³-hybridized carbons (Fsp3) is 0.545. The Bertz CT molecular complexity index is 442. The molecule has 0 saturated heterocycles. The molecule has 1 rings (SSSR count). The number of rotatable bonds is 6. The van der Waals surface area contributed by atoms with E-state index in [4.69, 9.17) is 0 Å². The lowest BCUT2D eigenvalue weighted by Crippen LogP contribution is -2.27. The van der Waals surface area contributed by atoms with Gasteiger partial charge < -0.3 is 5.32 Å². The fourth-order valence-electron chi connectivity index (χ4n) is 1.27. The van der Waals surface area contributed by atoms with Gasteiger partial charge in [0.25, 0.3) is 10.0 Å². The molecule has 0 saturated carbocycles. The second-order valence-electron chi connectivity index (χ2n) is 3.70. The van der Waals surface area contributed by atoms with E-state index in [0.29, 0.717) is 13.1 Å². The summed E-state index contributed by atoms with van der Waals surface area (Å²) >= 11 is 0. The zero-order valence-electron chi connectivity index (χ0n) is 10.5. The van der Waals surface area contributed by atoms with Crippen LogP contribution in [0.2, 0.25) is 0 Å². The van der Waals surface area contributed by atoms with Crippen LogP contribution in [-0.4, -0.2) is 37.8 Å². The van der Waals surface area contributed by atoms with E-state index in [1.54, 1.807) is 32.3 Å². The van der Waals surface area contributed by atoms with Gasteiger partial charge in [0.05, 0.1) is 0 Å². The molecule has 0 aromatic carbocycles. The van der Waals surface area contributed by atoms with Gasteiger partial charge in [0.1, 0.15) is 0 Å². The molecule has 1 heterocycles. The number of nitrogens with zero attached hydrogens (tertiary/aromatic N) is 2. The van der Waals surface area contributed by atoms with Crippen molar-refractivity contribution < 1.29 is 8.42 Å². The maximum atomic E-state index is 11.9. The van der Waals surface area contributed by atoms with Crippen LogP contribution in [0.1, 0.15) is 19.4 Å². The molecule has 0 aliphatic heterocycles. The molecule has 0 bridgehead atoms. The number of nitrogens with one attached hydrogen (secondary N) is 1. The van der Waals surface area contributed by atoms with Gasteiger partial charge in [-0.15, -0.1) is 0 Å². The maximum Gasteiger partial charge on any atom is 0.260 e. The minimum atomic E-state index is -3.42. The Balaban J connectivity index is 2.87. The third kappa shape index (κ3) is 3.49. The second kappa shape index (κ2) is 6.09. The Kier molecular flexibility index (Phi) is 5.04. The van der Waals surface area contributed by atoms with Crippen molar-refractivity contribution in [1.29, 1.82) is 0 Å². The number of hydrogen-bond donors (Lipinski definition) is 1. The Morgan fingerprint density at radius 2 is 2.06 bits per heavy atom. The molecule has 1 aromatic heterocycles. The molecule has 0 unspecified atom stereocenters. The summed E-state index contributed by atoms with van der Waals surface area (Å²) in [6, 6.07) is 3.33. The average molecular weight is 257 g/mol. The molecule has 0 amide bonds. The molecule has 1 aromatic rings. The standard InChI is InChI=1S/C11H19N3O2S/c1-4-12-8-10-6-7-11(13-9-10)17(15,16)14(3)5-2/h6-7,9,12H,4-5,8H2,1-3H3. The Morgan fingerprint density at radius 3 is 2.53 bits per heavy atom. The van der Waals surface area contributed by atoms with Gasteiger partial charge in [-0.2, -0.15) is 4.31 Å². The van der Waals surface area contributed by atoms with Gasteiger partial charge in [-0.1, -0.05) is 19.9 Å². The van der Waals surface area contributed by atoms with Crippen LogP contribution in [-0.2, 0) is 16.6 Å². The molecule has 0 aliphatic rings. The number of hydrogen-bond acceptors (Lipinski definition) is 4. The van der Waals surface area contributed by atoms with E-state index < -0.39 is 10.0 Å². The Hall–Kier alpha value is -0.980. The van der Waals surface area contributed by atoms with Crippen LogP contribution < -0.4 is 5.32 Å². The predicted molar refractivity (Wildman–Crippen MR) is 67.1 cm³/mol. The molecular formula is C11H19N3O2S. The van der Waals surface area contributed by atoms with Crippen LogP contribution >= 0.6 is 0 Å². The minimum Gasteiger partial charge on any atom is -0.313 e. The summed E-state index contributed by atoms with van der Waals surface area (Å²) < 4.78 is 25.1. The first-order valence-corrected chi connectivity index (χ1v) is 7.08. The second-order valence-corrected chi connectivity index (χ2v) is 5.70. The summed E-state index contributed by atoms with van der Waals surface area (Å²) in [6.07, 6.45) is 1.60. The predicted octanol–water partition coefficient (Wildman–Crippen LogP) is 0.831. The quantitative estimate of drug-likeness (QED) is 0.820. The van der Waals surface area contributed by atoms with E-state index in [1.165, 1.54) is 4.31 Å². The lowest BCUT2D eigenvalue weighted by molar-refractivity contribution is 0.483. The number of aromatic nitrogens is 1. The molecular weight excluding hydrogens is 238 g/mol. The monoisotopic (exact) mass is 257 g/mol. The molecule has 0 aliphatic carbocycles. The highest BCUT2D eigenvalue weighted by Gasteiger charge is 2.20. The van der Waals surface area contributed by atoms with Crippen molar-refractivity contribution in [2.45, 2.75) is 25.4 Å². The van der Waals surface area contributed by atoms with E-state index in [1.807, 2.05) is 6.92 Å². The van der Waals surface area contributed by atoms with Crippen LogP contribution in [0.5, 0.6) is 0 Å². The van der Waals surface area contributed by atoms with Gasteiger partial charge in [-0.3, -0.25) is 0 Å². The molecule has 1 N–H and O–H groups in total. The normalized spacial score (nSPS) is 12.0. The average Bonchev–Trinajstić information content (AvgIpc) is 2.35. The van der Waals surface area contributed by atoms with Gasteiger partial charge in [0.2, 0.25) is 0 Å². The first-order chi connectivity index (χ1) is 8.02.